The summed E-state index contributed by atoms with van der Waals surface area (Å²) in [6.45, 7) is 6.02. The average molecular weight is 273 g/mol. The summed E-state index contributed by atoms with van der Waals surface area (Å²) >= 11 is 0. The van der Waals surface area contributed by atoms with Crippen molar-refractivity contribution in [1.82, 2.24) is 4.90 Å². The zero-order valence-electron chi connectivity index (χ0n) is 12.2. The molecule has 0 aliphatic carbocycles. The molecule has 0 atom stereocenters. The van der Waals surface area contributed by atoms with Gasteiger partial charge in [0.25, 0.3) is 5.91 Å². The van der Waals surface area contributed by atoms with Gasteiger partial charge in [-0.1, -0.05) is 6.07 Å². The summed E-state index contributed by atoms with van der Waals surface area (Å²) in [4.78, 5) is 13.3. The first-order chi connectivity index (χ1) is 9.40. The van der Waals surface area contributed by atoms with Crippen LogP contribution in [0, 0.1) is 13.8 Å². The van der Waals surface area contributed by atoms with Gasteiger partial charge in [-0.3, -0.25) is 10.2 Å². The maximum Gasteiger partial charge on any atom is 0.259 e. The highest BCUT2D eigenvalue weighted by Gasteiger charge is 2.29. The number of hydrazone groups is 1. The highest BCUT2D eigenvalue weighted by atomic mass is 16.3. The molecule has 0 aromatic heterocycles. The first-order valence-corrected chi connectivity index (χ1v) is 6.45. The average Bonchev–Trinajstić information content (AvgIpc) is 2.64. The zero-order chi connectivity index (χ0) is 14.9. The fourth-order valence-corrected chi connectivity index (χ4v) is 2.07. The second kappa shape index (κ2) is 5.36. The molecule has 1 aliphatic heterocycles. The van der Waals surface area contributed by atoms with Gasteiger partial charge in [-0.2, -0.15) is 5.10 Å². The highest BCUT2D eigenvalue weighted by Crippen LogP contribution is 2.18. The summed E-state index contributed by atoms with van der Waals surface area (Å²) in [6.07, 6.45) is 0. The third-order valence-corrected chi connectivity index (χ3v) is 3.46. The number of likely N-dealkylation sites (N-methyl/N-ethyl adjacent to an activating group) is 1. The van der Waals surface area contributed by atoms with Crippen LogP contribution in [0.25, 0.3) is 0 Å². The molecule has 0 bridgehead atoms. The zero-order valence-corrected chi connectivity index (χ0v) is 12.2. The van der Waals surface area contributed by atoms with Crippen molar-refractivity contribution in [2.75, 3.05) is 19.0 Å². The number of nitrogens with one attached hydrogen (secondary N) is 1. The summed E-state index contributed by atoms with van der Waals surface area (Å²) in [5, 5.41) is 14.0. The monoisotopic (exact) mass is 273 g/mol. The van der Waals surface area contributed by atoms with Gasteiger partial charge in [0.05, 0.1) is 17.9 Å². The van der Waals surface area contributed by atoms with Gasteiger partial charge in [0, 0.05) is 7.05 Å². The van der Waals surface area contributed by atoms with Crippen molar-refractivity contribution in [3.63, 3.8) is 0 Å². The Morgan fingerprint density at radius 1 is 1.35 bits per heavy atom. The second-order valence-corrected chi connectivity index (χ2v) is 5.09. The molecule has 1 aromatic carbocycles. The number of benzene rings is 1. The van der Waals surface area contributed by atoms with Crippen LogP contribution in [0.3, 0.4) is 0 Å². The van der Waals surface area contributed by atoms with Crippen LogP contribution in [0.2, 0.25) is 0 Å². The van der Waals surface area contributed by atoms with Crippen LogP contribution in [0.15, 0.2) is 34.6 Å². The summed E-state index contributed by atoms with van der Waals surface area (Å²) in [7, 11) is 1.65. The largest absolute Gasteiger partial charge is 0.510 e. The van der Waals surface area contributed by atoms with Gasteiger partial charge in [0.1, 0.15) is 11.3 Å². The summed E-state index contributed by atoms with van der Waals surface area (Å²) < 4.78 is 0. The van der Waals surface area contributed by atoms with Gasteiger partial charge in [-0.15, -0.1) is 0 Å². The Kier molecular flexibility index (Phi) is 3.79. The van der Waals surface area contributed by atoms with E-state index in [0.717, 1.165) is 5.69 Å². The van der Waals surface area contributed by atoms with E-state index in [1.807, 2.05) is 32.0 Å². The van der Waals surface area contributed by atoms with E-state index in [1.165, 1.54) is 16.0 Å². The van der Waals surface area contributed by atoms with Crippen molar-refractivity contribution in [3.05, 3.63) is 40.7 Å². The lowest BCUT2D eigenvalue weighted by Gasteiger charge is -2.08. The van der Waals surface area contributed by atoms with Crippen molar-refractivity contribution >= 4 is 17.3 Å². The number of nitrogens with zero attached hydrogens (tertiary/aromatic N) is 2. The van der Waals surface area contributed by atoms with Crippen molar-refractivity contribution < 1.29 is 9.90 Å². The van der Waals surface area contributed by atoms with Gasteiger partial charge in [-0.25, -0.2) is 0 Å². The number of rotatable bonds is 3. The van der Waals surface area contributed by atoms with Crippen LogP contribution in [-0.2, 0) is 4.79 Å². The summed E-state index contributed by atoms with van der Waals surface area (Å²) in [5.74, 6) is -0.133. The maximum atomic E-state index is 11.9. The molecule has 1 aliphatic rings. The van der Waals surface area contributed by atoms with Crippen LogP contribution in [0.5, 0.6) is 0 Å². The van der Waals surface area contributed by atoms with E-state index in [4.69, 9.17) is 0 Å². The number of hydrogen-bond acceptors (Lipinski definition) is 4. The van der Waals surface area contributed by atoms with Crippen LogP contribution in [0.1, 0.15) is 18.1 Å². The van der Waals surface area contributed by atoms with Crippen molar-refractivity contribution in [2.45, 2.75) is 20.8 Å². The molecule has 0 spiro atoms. The molecule has 2 rings (SSSR count). The van der Waals surface area contributed by atoms with Gasteiger partial charge in [-0.05, 0) is 44.0 Å². The van der Waals surface area contributed by atoms with Gasteiger partial charge < -0.3 is 10.0 Å². The van der Waals surface area contributed by atoms with Crippen LogP contribution < -0.4 is 5.43 Å². The number of carbonyl (C=O) groups is 1. The summed E-state index contributed by atoms with van der Waals surface area (Å²) in [6, 6.07) is 5.92. The van der Waals surface area contributed by atoms with Crippen LogP contribution in [0.4, 0.5) is 5.69 Å². The first-order valence-electron chi connectivity index (χ1n) is 6.45. The SMILES string of the molecule is CC(=NNc1ccc(C)c(C)c1)C1=C(O)CN(C)C1=O. The standard InChI is InChI=1S/C15H19N3O2/c1-9-5-6-12(7-10(9)2)17-16-11(3)14-13(19)8-18(4)15(14)20/h5-7,17,19H,8H2,1-4H3. The molecule has 0 saturated heterocycles. The Balaban J connectivity index is 2.17. The number of carbonyl (C=O) groups excluding carboxylic acids is 1. The number of amides is 1. The Morgan fingerprint density at radius 2 is 2.05 bits per heavy atom. The van der Waals surface area contributed by atoms with Gasteiger partial charge in [0.2, 0.25) is 0 Å². The fourth-order valence-electron chi connectivity index (χ4n) is 2.07. The second-order valence-electron chi connectivity index (χ2n) is 5.09. The third kappa shape index (κ3) is 2.66. The number of aliphatic hydroxyl groups is 1. The van der Waals surface area contributed by atoms with E-state index >= 15 is 0 Å². The van der Waals surface area contributed by atoms with Crippen molar-refractivity contribution in [3.8, 4) is 0 Å². The molecular weight excluding hydrogens is 254 g/mol. The van der Waals surface area contributed by atoms with E-state index in [9.17, 15) is 9.90 Å². The Labute approximate surface area is 118 Å². The predicted molar refractivity (Wildman–Crippen MR) is 79.9 cm³/mol. The smallest absolute Gasteiger partial charge is 0.259 e. The Bertz CT molecular complexity index is 618. The molecule has 5 heteroatoms. The van der Waals surface area contributed by atoms with E-state index in [2.05, 4.69) is 10.5 Å². The molecule has 20 heavy (non-hydrogen) atoms. The predicted octanol–water partition coefficient (Wildman–Crippen LogP) is 2.38. The van der Waals surface area contributed by atoms with E-state index < -0.39 is 0 Å². The van der Waals surface area contributed by atoms with Gasteiger partial charge in [0.15, 0.2) is 0 Å². The molecule has 1 heterocycles. The molecule has 0 radical (unpaired) electrons. The quantitative estimate of drug-likeness (QED) is 0.656. The van der Waals surface area contributed by atoms with Gasteiger partial charge >= 0.3 is 0 Å². The number of hydrogen-bond donors (Lipinski definition) is 2. The fraction of sp³-hybridized carbons (Fsp3) is 0.333. The molecule has 0 saturated carbocycles. The van der Waals surface area contributed by atoms with Crippen molar-refractivity contribution in [2.24, 2.45) is 5.10 Å². The highest BCUT2D eigenvalue weighted by molar-refractivity contribution is 6.22. The molecule has 106 valence electrons. The molecule has 0 unspecified atom stereocenters. The van der Waals surface area contributed by atoms with E-state index in [-0.39, 0.29) is 23.8 Å². The molecule has 5 nitrogen and oxygen atoms in total. The first kappa shape index (κ1) is 14.1. The molecule has 1 amide bonds. The number of anilines is 1. The maximum absolute atomic E-state index is 11.9. The lowest BCUT2D eigenvalue weighted by atomic mass is 10.1. The number of aliphatic hydroxyl groups excluding tert-OH is 1. The minimum atomic E-state index is -0.203. The molecular formula is C15H19N3O2. The van der Waals surface area contributed by atoms with E-state index in [1.54, 1.807) is 14.0 Å². The minimum absolute atomic E-state index is 0.0700. The van der Waals surface area contributed by atoms with Crippen molar-refractivity contribution in [1.29, 1.82) is 0 Å². The lowest BCUT2D eigenvalue weighted by Crippen LogP contribution is -2.23. The topological polar surface area (TPSA) is 64.9 Å². The Hall–Kier alpha value is -2.30. The van der Waals surface area contributed by atoms with E-state index in [0.29, 0.717) is 5.71 Å². The summed E-state index contributed by atoms with van der Waals surface area (Å²) in [5.41, 5.74) is 6.91. The number of aryl methyl sites for hydroxylation is 2. The molecule has 0 fully saturated rings. The van der Waals surface area contributed by atoms with Crippen LogP contribution in [-0.4, -0.2) is 35.2 Å². The third-order valence-electron chi connectivity index (χ3n) is 3.46. The normalized spacial score (nSPS) is 16.1. The molecule has 2 N–H and O–H groups in total. The van der Waals surface area contributed by atoms with Crippen LogP contribution >= 0.6 is 0 Å². The Morgan fingerprint density at radius 3 is 2.60 bits per heavy atom. The lowest BCUT2D eigenvalue weighted by molar-refractivity contribution is -0.123. The minimum Gasteiger partial charge on any atom is -0.510 e. The molecule has 1 aromatic rings.